The van der Waals surface area contributed by atoms with Gasteiger partial charge in [0.25, 0.3) is 0 Å². The minimum absolute atomic E-state index is 0.455. The summed E-state index contributed by atoms with van der Waals surface area (Å²) in [7, 11) is 0. The van der Waals surface area contributed by atoms with E-state index in [4.69, 9.17) is 22.1 Å². The van der Waals surface area contributed by atoms with Gasteiger partial charge < -0.3 is 10.5 Å². The zero-order valence-corrected chi connectivity index (χ0v) is 10.4. The van der Waals surface area contributed by atoms with Crippen molar-refractivity contribution in [3.05, 3.63) is 28.8 Å². The van der Waals surface area contributed by atoms with Crippen LogP contribution in [-0.2, 0) is 6.54 Å². The average Bonchev–Trinajstić information content (AvgIpc) is 2.26. The van der Waals surface area contributed by atoms with E-state index in [0.717, 1.165) is 22.8 Å². The SMILES string of the molecule is CCSCCOc1ccc(Cl)cc1CN. The van der Waals surface area contributed by atoms with Crippen molar-refractivity contribution >= 4 is 23.4 Å². The number of benzene rings is 1. The van der Waals surface area contributed by atoms with E-state index >= 15 is 0 Å². The molecule has 1 aromatic rings. The van der Waals surface area contributed by atoms with Crippen LogP contribution in [0.1, 0.15) is 12.5 Å². The molecule has 1 rings (SSSR count). The Balaban J connectivity index is 2.52. The Labute approximate surface area is 100 Å². The highest BCUT2D eigenvalue weighted by atomic mass is 35.5. The highest BCUT2D eigenvalue weighted by molar-refractivity contribution is 7.99. The summed E-state index contributed by atoms with van der Waals surface area (Å²) in [6.45, 7) is 3.31. The molecule has 0 spiro atoms. The van der Waals surface area contributed by atoms with Crippen molar-refractivity contribution in [1.29, 1.82) is 0 Å². The summed E-state index contributed by atoms with van der Waals surface area (Å²) in [5.41, 5.74) is 6.57. The molecule has 0 saturated heterocycles. The van der Waals surface area contributed by atoms with Crippen molar-refractivity contribution in [3.63, 3.8) is 0 Å². The number of halogens is 1. The highest BCUT2D eigenvalue weighted by Crippen LogP contribution is 2.22. The third-order valence-corrected chi connectivity index (χ3v) is 3.03. The number of hydrogen-bond acceptors (Lipinski definition) is 3. The molecule has 4 heteroatoms. The molecule has 1 aromatic carbocycles. The molecule has 0 aliphatic rings. The Morgan fingerprint density at radius 1 is 1.47 bits per heavy atom. The van der Waals surface area contributed by atoms with Gasteiger partial charge in [-0.3, -0.25) is 0 Å². The molecule has 0 atom stereocenters. The van der Waals surface area contributed by atoms with Crippen molar-refractivity contribution in [2.45, 2.75) is 13.5 Å². The average molecular weight is 246 g/mol. The van der Waals surface area contributed by atoms with Gasteiger partial charge in [-0.25, -0.2) is 0 Å². The van der Waals surface area contributed by atoms with E-state index in [1.54, 1.807) is 0 Å². The number of hydrogen-bond donors (Lipinski definition) is 1. The van der Waals surface area contributed by atoms with Gasteiger partial charge in [-0.2, -0.15) is 11.8 Å². The van der Waals surface area contributed by atoms with E-state index < -0.39 is 0 Å². The van der Waals surface area contributed by atoms with Crippen molar-refractivity contribution in [2.75, 3.05) is 18.1 Å². The van der Waals surface area contributed by atoms with E-state index in [0.29, 0.717) is 18.2 Å². The van der Waals surface area contributed by atoms with Gasteiger partial charge in [-0.1, -0.05) is 18.5 Å². The third-order valence-electron chi connectivity index (χ3n) is 1.93. The quantitative estimate of drug-likeness (QED) is 0.783. The normalized spacial score (nSPS) is 10.3. The summed E-state index contributed by atoms with van der Waals surface area (Å²) in [4.78, 5) is 0. The zero-order chi connectivity index (χ0) is 11.1. The van der Waals surface area contributed by atoms with E-state index in [1.165, 1.54) is 0 Å². The molecule has 0 aliphatic heterocycles. The fourth-order valence-electron chi connectivity index (χ4n) is 1.20. The van der Waals surface area contributed by atoms with Crippen LogP contribution in [0.15, 0.2) is 18.2 Å². The van der Waals surface area contributed by atoms with Gasteiger partial charge in [0, 0.05) is 22.9 Å². The van der Waals surface area contributed by atoms with Crippen LogP contribution in [0.4, 0.5) is 0 Å². The summed E-state index contributed by atoms with van der Waals surface area (Å²) in [6.07, 6.45) is 0. The topological polar surface area (TPSA) is 35.2 Å². The molecular formula is C11H16ClNOS. The van der Waals surface area contributed by atoms with E-state index in [1.807, 2.05) is 30.0 Å². The Hall–Kier alpha value is -0.380. The summed E-state index contributed by atoms with van der Waals surface area (Å²) in [5, 5.41) is 0.700. The lowest BCUT2D eigenvalue weighted by molar-refractivity contribution is 0.340. The van der Waals surface area contributed by atoms with Crippen molar-refractivity contribution < 1.29 is 4.74 Å². The molecule has 2 N–H and O–H groups in total. The molecular weight excluding hydrogens is 230 g/mol. The highest BCUT2D eigenvalue weighted by Gasteiger charge is 2.02. The Morgan fingerprint density at radius 2 is 2.27 bits per heavy atom. The van der Waals surface area contributed by atoms with Gasteiger partial charge in [0.15, 0.2) is 0 Å². The first-order valence-corrected chi connectivity index (χ1v) is 6.50. The van der Waals surface area contributed by atoms with Gasteiger partial charge in [0.2, 0.25) is 0 Å². The lowest BCUT2D eigenvalue weighted by Crippen LogP contribution is -2.05. The Bertz CT molecular complexity index is 307. The van der Waals surface area contributed by atoms with Crippen LogP contribution >= 0.6 is 23.4 Å². The molecule has 15 heavy (non-hydrogen) atoms. The molecule has 0 saturated carbocycles. The summed E-state index contributed by atoms with van der Waals surface area (Å²) in [6, 6.07) is 5.55. The standard InChI is InChI=1S/C11H16ClNOS/c1-2-15-6-5-14-11-4-3-10(12)7-9(11)8-13/h3-4,7H,2,5-6,8,13H2,1H3. The lowest BCUT2D eigenvalue weighted by Gasteiger charge is -2.10. The van der Waals surface area contributed by atoms with E-state index in [9.17, 15) is 0 Å². The van der Waals surface area contributed by atoms with Crippen molar-refractivity contribution in [3.8, 4) is 5.75 Å². The van der Waals surface area contributed by atoms with Gasteiger partial charge >= 0.3 is 0 Å². The minimum Gasteiger partial charge on any atom is -0.492 e. The number of thioether (sulfide) groups is 1. The van der Waals surface area contributed by atoms with Crippen LogP contribution in [0, 0.1) is 0 Å². The first-order valence-electron chi connectivity index (χ1n) is 4.97. The molecule has 0 radical (unpaired) electrons. The summed E-state index contributed by atoms with van der Waals surface area (Å²) < 4.78 is 5.63. The molecule has 0 fully saturated rings. The molecule has 84 valence electrons. The lowest BCUT2D eigenvalue weighted by atomic mass is 10.2. The molecule has 0 unspecified atom stereocenters. The second-order valence-electron chi connectivity index (χ2n) is 3.00. The second kappa shape index (κ2) is 6.99. The van der Waals surface area contributed by atoms with Crippen molar-refractivity contribution in [2.24, 2.45) is 5.73 Å². The largest absolute Gasteiger partial charge is 0.492 e. The van der Waals surface area contributed by atoms with Crippen LogP contribution in [0.25, 0.3) is 0 Å². The van der Waals surface area contributed by atoms with E-state index in [2.05, 4.69) is 6.92 Å². The monoisotopic (exact) mass is 245 g/mol. The van der Waals surface area contributed by atoms with Gasteiger partial charge in [-0.15, -0.1) is 0 Å². The maximum Gasteiger partial charge on any atom is 0.123 e. The fourth-order valence-corrected chi connectivity index (χ4v) is 1.89. The van der Waals surface area contributed by atoms with Crippen molar-refractivity contribution in [1.82, 2.24) is 0 Å². The maximum absolute atomic E-state index is 5.86. The fraction of sp³-hybridized carbons (Fsp3) is 0.455. The molecule has 0 aromatic heterocycles. The predicted octanol–water partition coefficient (Wildman–Crippen LogP) is 2.93. The van der Waals surface area contributed by atoms with Gasteiger partial charge in [-0.05, 0) is 24.0 Å². The van der Waals surface area contributed by atoms with Crippen LogP contribution < -0.4 is 10.5 Å². The molecule has 0 aliphatic carbocycles. The van der Waals surface area contributed by atoms with Crippen LogP contribution in [0.5, 0.6) is 5.75 Å². The first kappa shape index (κ1) is 12.7. The summed E-state index contributed by atoms with van der Waals surface area (Å²) >= 11 is 7.73. The zero-order valence-electron chi connectivity index (χ0n) is 8.83. The second-order valence-corrected chi connectivity index (χ2v) is 4.83. The summed E-state index contributed by atoms with van der Waals surface area (Å²) in [5.74, 6) is 2.97. The first-order chi connectivity index (χ1) is 7.27. The Morgan fingerprint density at radius 3 is 2.93 bits per heavy atom. The maximum atomic E-state index is 5.86. The number of ether oxygens (including phenoxy) is 1. The van der Waals surface area contributed by atoms with Crippen LogP contribution in [0.2, 0.25) is 5.02 Å². The van der Waals surface area contributed by atoms with Crippen LogP contribution in [0.3, 0.4) is 0 Å². The Kier molecular flexibility index (Phi) is 5.91. The van der Waals surface area contributed by atoms with Gasteiger partial charge in [0.1, 0.15) is 5.75 Å². The molecule has 0 heterocycles. The molecule has 0 bridgehead atoms. The number of nitrogens with two attached hydrogens (primary N) is 1. The molecule has 0 amide bonds. The van der Waals surface area contributed by atoms with Gasteiger partial charge in [0.05, 0.1) is 6.61 Å². The third kappa shape index (κ3) is 4.33. The smallest absolute Gasteiger partial charge is 0.123 e. The van der Waals surface area contributed by atoms with Crippen LogP contribution in [-0.4, -0.2) is 18.1 Å². The predicted molar refractivity (Wildman–Crippen MR) is 67.8 cm³/mol. The minimum atomic E-state index is 0.455. The number of rotatable bonds is 6. The van der Waals surface area contributed by atoms with E-state index in [-0.39, 0.29) is 0 Å². The molecule has 2 nitrogen and oxygen atoms in total.